The summed E-state index contributed by atoms with van der Waals surface area (Å²) in [7, 11) is 1.35. The van der Waals surface area contributed by atoms with E-state index in [0.29, 0.717) is 16.5 Å². The number of fused-ring (bicyclic) bond motifs is 1. The van der Waals surface area contributed by atoms with Gasteiger partial charge in [0.15, 0.2) is 11.5 Å². The van der Waals surface area contributed by atoms with Gasteiger partial charge in [0.1, 0.15) is 22.8 Å². The second-order valence-electron chi connectivity index (χ2n) is 5.82. The van der Waals surface area contributed by atoms with Crippen LogP contribution in [0, 0.1) is 11.3 Å². The quantitative estimate of drug-likeness (QED) is 0.232. The number of hydrogen-bond donors (Lipinski definition) is 1. The van der Waals surface area contributed by atoms with Crippen LogP contribution >= 0.6 is 0 Å². The molecule has 0 radical (unpaired) electrons. The summed E-state index contributed by atoms with van der Waals surface area (Å²) < 4.78 is 15.6. The first kappa shape index (κ1) is 19.4. The Balaban J connectivity index is 1.93. The van der Waals surface area contributed by atoms with Crippen LogP contribution in [-0.4, -0.2) is 19.0 Å². The highest BCUT2D eigenvalue weighted by Gasteiger charge is 2.18. The Morgan fingerprint density at radius 3 is 2.59 bits per heavy atom. The lowest BCUT2D eigenvalue weighted by molar-refractivity contribution is -0.114. The minimum atomic E-state index is -0.916. The van der Waals surface area contributed by atoms with Crippen molar-refractivity contribution < 1.29 is 23.5 Å². The third-order valence-corrected chi connectivity index (χ3v) is 3.95. The number of amides is 1. The number of hydrogen-bond acceptors (Lipinski definition) is 7. The van der Waals surface area contributed by atoms with Crippen molar-refractivity contribution in [3.63, 3.8) is 0 Å². The van der Waals surface area contributed by atoms with E-state index >= 15 is 0 Å². The van der Waals surface area contributed by atoms with Crippen LogP contribution in [-0.2, 0) is 4.79 Å². The molecule has 3 aromatic rings. The normalized spacial score (nSPS) is 11.0. The molecule has 1 amide bonds. The smallest absolute Gasteiger partial charge is 0.351 e. The predicted octanol–water partition coefficient (Wildman–Crippen LogP) is 2.41. The van der Waals surface area contributed by atoms with Crippen LogP contribution in [0.4, 0.5) is 0 Å². The van der Waals surface area contributed by atoms with Crippen LogP contribution in [0.15, 0.2) is 63.3 Å². The fourth-order valence-corrected chi connectivity index (χ4v) is 2.54. The van der Waals surface area contributed by atoms with E-state index in [-0.39, 0.29) is 22.6 Å². The summed E-state index contributed by atoms with van der Waals surface area (Å²) in [6, 6.07) is 14.2. The molecular formula is C21H14N2O6. The van der Waals surface area contributed by atoms with Gasteiger partial charge in [-0.15, -0.1) is 0 Å². The number of nitrogens with two attached hydrogens (primary N) is 1. The first-order valence-electron chi connectivity index (χ1n) is 8.27. The van der Waals surface area contributed by atoms with E-state index < -0.39 is 17.5 Å². The molecule has 0 aliphatic rings. The highest BCUT2D eigenvalue weighted by molar-refractivity contribution is 6.00. The molecule has 0 saturated carbocycles. The first-order chi connectivity index (χ1) is 13.9. The average molecular weight is 390 g/mol. The highest BCUT2D eigenvalue weighted by Crippen LogP contribution is 2.29. The van der Waals surface area contributed by atoms with Gasteiger partial charge < -0.3 is 19.6 Å². The third kappa shape index (κ3) is 4.14. The Labute approximate surface area is 164 Å². The van der Waals surface area contributed by atoms with Crippen molar-refractivity contribution in [2.45, 2.75) is 0 Å². The molecule has 0 aliphatic carbocycles. The molecule has 8 nitrogen and oxygen atoms in total. The summed E-state index contributed by atoms with van der Waals surface area (Å²) in [5.74, 6) is -1.59. The summed E-state index contributed by atoms with van der Waals surface area (Å²) in [6.45, 7) is 0. The predicted molar refractivity (Wildman–Crippen MR) is 103 cm³/mol. The molecule has 0 saturated heterocycles. The first-order valence-corrected chi connectivity index (χ1v) is 8.27. The molecule has 3 rings (SSSR count). The van der Waals surface area contributed by atoms with Gasteiger partial charge in [0.25, 0.3) is 5.91 Å². The summed E-state index contributed by atoms with van der Waals surface area (Å²) in [5, 5.41) is 9.50. The number of nitrogens with zero attached hydrogens (tertiary/aromatic N) is 1. The average Bonchev–Trinajstić information content (AvgIpc) is 2.71. The van der Waals surface area contributed by atoms with Gasteiger partial charge in [-0.1, -0.05) is 24.3 Å². The molecule has 8 heteroatoms. The number of nitriles is 1. The number of ether oxygens (including phenoxy) is 2. The number of para-hydroxylation sites is 1. The maximum absolute atomic E-state index is 12.5. The fourth-order valence-electron chi connectivity index (χ4n) is 2.54. The topological polar surface area (TPSA) is 133 Å². The Bertz CT molecular complexity index is 1250. The molecule has 2 N–H and O–H groups in total. The number of benzene rings is 2. The molecule has 0 bridgehead atoms. The standard InChI is InChI=1S/C21H14N2O6/c1-27-18-9-12(8-14(11-22)19(23)24)6-7-17(18)29-21(26)15-10-13-4-2-3-5-16(13)28-20(15)25/h2-10H,1H3,(H2,23,24). The molecule has 0 aliphatic heterocycles. The van der Waals surface area contributed by atoms with Crippen molar-refractivity contribution in [1.82, 2.24) is 0 Å². The van der Waals surface area contributed by atoms with Crippen molar-refractivity contribution in [3.05, 3.63) is 75.7 Å². The number of esters is 1. The second-order valence-corrected chi connectivity index (χ2v) is 5.82. The molecule has 144 valence electrons. The van der Waals surface area contributed by atoms with E-state index in [9.17, 15) is 14.4 Å². The van der Waals surface area contributed by atoms with Crippen LogP contribution in [0.2, 0.25) is 0 Å². The Morgan fingerprint density at radius 1 is 1.14 bits per heavy atom. The van der Waals surface area contributed by atoms with Gasteiger partial charge in [0.2, 0.25) is 0 Å². The van der Waals surface area contributed by atoms with E-state index in [1.54, 1.807) is 30.3 Å². The monoisotopic (exact) mass is 390 g/mol. The maximum atomic E-state index is 12.5. The summed E-state index contributed by atoms with van der Waals surface area (Å²) >= 11 is 0. The molecule has 0 atom stereocenters. The van der Waals surface area contributed by atoms with Gasteiger partial charge in [0, 0.05) is 5.39 Å². The lowest BCUT2D eigenvalue weighted by Gasteiger charge is -2.10. The van der Waals surface area contributed by atoms with Crippen molar-refractivity contribution in [1.29, 1.82) is 5.26 Å². The number of primary amides is 1. The van der Waals surface area contributed by atoms with Gasteiger partial charge in [-0.2, -0.15) is 5.26 Å². The van der Waals surface area contributed by atoms with Crippen LogP contribution < -0.4 is 20.8 Å². The number of carbonyl (C=O) groups excluding carboxylic acids is 2. The molecule has 1 aromatic heterocycles. The van der Waals surface area contributed by atoms with E-state index in [0.717, 1.165) is 0 Å². The van der Waals surface area contributed by atoms with Crippen molar-refractivity contribution in [3.8, 4) is 17.6 Å². The zero-order chi connectivity index (χ0) is 21.0. The summed E-state index contributed by atoms with van der Waals surface area (Å²) in [5.41, 5.74) is 4.56. The molecule has 0 unspecified atom stereocenters. The highest BCUT2D eigenvalue weighted by atomic mass is 16.6. The van der Waals surface area contributed by atoms with Gasteiger partial charge >= 0.3 is 11.6 Å². The van der Waals surface area contributed by atoms with Crippen molar-refractivity contribution in [2.75, 3.05) is 7.11 Å². The second kappa shape index (κ2) is 8.10. The van der Waals surface area contributed by atoms with Crippen molar-refractivity contribution in [2.24, 2.45) is 5.73 Å². The van der Waals surface area contributed by atoms with Crippen LogP contribution in [0.5, 0.6) is 11.5 Å². The molecule has 2 aromatic carbocycles. The van der Waals surface area contributed by atoms with Gasteiger partial charge in [-0.3, -0.25) is 4.79 Å². The Hall–Kier alpha value is -4.38. The molecule has 0 spiro atoms. The Morgan fingerprint density at radius 2 is 1.90 bits per heavy atom. The zero-order valence-corrected chi connectivity index (χ0v) is 15.2. The maximum Gasteiger partial charge on any atom is 0.351 e. The van der Waals surface area contributed by atoms with E-state index in [4.69, 9.17) is 24.9 Å². The molecule has 1 heterocycles. The summed E-state index contributed by atoms with van der Waals surface area (Å²) in [4.78, 5) is 35.8. The van der Waals surface area contributed by atoms with Crippen molar-refractivity contribution >= 4 is 28.9 Å². The van der Waals surface area contributed by atoms with Crippen LogP contribution in [0.1, 0.15) is 15.9 Å². The van der Waals surface area contributed by atoms with Gasteiger partial charge in [0.05, 0.1) is 7.11 Å². The van der Waals surface area contributed by atoms with E-state index in [1.807, 2.05) is 0 Å². The van der Waals surface area contributed by atoms with E-state index in [1.165, 1.54) is 37.5 Å². The SMILES string of the molecule is COc1cc(C=C(C#N)C(N)=O)ccc1OC(=O)c1cc2ccccc2oc1=O. The number of methoxy groups -OCH3 is 1. The van der Waals surface area contributed by atoms with Gasteiger partial charge in [-0.25, -0.2) is 9.59 Å². The molecular weight excluding hydrogens is 376 g/mol. The fraction of sp³-hybridized carbons (Fsp3) is 0.0476. The third-order valence-electron chi connectivity index (χ3n) is 3.95. The number of rotatable bonds is 5. The number of carbonyl (C=O) groups is 2. The molecule has 29 heavy (non-hydrogen) atoms. The van der Waals surface area contributed by atoms with Gasteiger partial charge in [-0.05, 0) is 35.9 Å². The van der Waals surface area contributed by atoms with Crippen LogP contribution in [0.3, 0.4) is 0 Å². The van der Waals surface area contributed by atoms with E-state index in [2.05, 4.69) is 0 Å². The van der Waals surface area contributed by atoms with Crippen LogP contribution in [0.25, 0.3) is 17.0 Å². The molecule has 0 fully saturated rings. The Kier molecular flexibility index (Phi) is 5.42. The largest absolute Gasteiger partial charge is 0.493 e. The zero-order valence-electron chi connectivity index (χ0n) is 15.2. The minimum absolute atomic E-state index is 0.0415. The lowest BCUT2D eigenvalue weighted by Crippen LogP contribution is -2.19. The minimum Gasteiger partial charge on any atom is -0.493 e. The lowest BCUT2D eigenvalue weighted by atomic mass is 10.1. The summed E-state index contributed by atoms with van der Waals surface area (Å²) in [6.07, 6.45) is 1.27.